The highest BCUT2D eigenvalue weighted by atomic mass is 19.1. The van der Waals surface area contributed by atoms with Gasteiger partial charge < -0.3 is 0 Å². The van der Waals surface area contributed by atoms with Gasteiger partial charge in [0.1, 0.15) is 12.3 Å². The predicted octanol–water partition coefficient (Wildman–Crippen LogP) is 3.07. The van der Waals surface area contributed by atoms with E-state index in [4.69, 9.17) is 0 Å². The average Bonchev–Trinajstić information content (AvgIpc) is 2.14. The molecule has 0 heterocycles. The summed E-state index contributed by atoms with van der Waals surface area (Å²) >= 11 is 0. The van der Waals surface area contributed by atoms with E-state index in [-0.39, 0.29) is 18.3 Å². The molecular formula is C9H15F3. The first kappa shape index (κ1) is 9.87. The second kappa shape index (κ2) is 4.15. The van der Waals surface area contributed by atoms with Gasteiger partial charge in [-0.05, 0) is 24.7 Å². The van der Waals surface area contributed by atoms with Crippen LogP contribution in [0.25, 0.3) is 0 Å². The molecule has 0 amide bonds. The summed E-state index contributed by atoms with van der Waals surface area (Å²) in [7, 11) is 0. The van der Waals surface area contributed by atoms with Gasteiger partial charge in [0.15, 0.2) is 0 Å². The van der Waals surface area contributed by atoms with Crippen LogP contribution in [0.5, 0.6) is 0 Å². The van der Waals surface area contributed by atoms with Crippen molar-refractivity contribution in [1.82, 2.24) is 0 Å². The van der Waals surface area contributed by atoms with Crippen LogP contribution < -0.4 is 0 Å². The van der Waals surface area contributed by atoms with E-state index in [2.05, 4.69) is 0 Å². The third-order valence-corrected chi connectivity index (χ3v) is 2.84. The summed E-state index contributed by atoms with van der Waals surface area (Å²) in [6.07, 6.45) is -1.47. The Morgan fingerprint density at radius 3 is 2.50 bits per heavy atom. The van der Waals surface area contributed by atoms with Crippen LogP contribution in [0, 0.1) is 11.8 Å². The van der Waals surface area contributed by atoms with Gasteiger partial charge in [-0.25, -0.2) is 8.78 Å². The molecule has 1 saturated carbocycles. The SMILES string of the molecule is CC1C(CF)CCC(F)C[C@H]1F. The first-order chi connectivity index (χ1) is 5.65. The molecular weight excluding hydrogens is 165 g/mol. The maximum Gasteiger partial charge on any atom is 0.106 e. The molecule has 0 nitrogen and oxygen atoms in total. The Balaban J connectivity index is 2.56. The van der Waals surface area contributed by atoms with Gasteiger partial charge in [-0.1, -0.05) is 6.92 Å². The lowest BCUT2D eigenvalue weighted by atomic mass is 9.90. The molecule has 1 rings (SSSR count). The molecule has 0 aromatic rings. The van der Waals surface area contributed by atoms with E-state index in [9.17, 15) is 13.2 Å². The summed E-state index contributed by atoms with van der Waals surface area (Å²) in [5.74, 6) is -0.600. The van der Waals surface area contributed by atoms with Crippen LogP contribution in [-0.2, 0) is 0 Å². The van der Waals surface area contributed by atoms with Crippen LogP contribution in [0.4, 0.5) is 13.2 Å². The molecule has 1 aliphatic carbocycles. The van der Waals surface area contributed by atoms with E-state index in [0.717, 1.165) is 0 Å². The van der Waals surface area contributed by atoms with Crippen molar-refractivity contribution in [1.29, 1.82) is 0 Å². The lowest BCUT2D eigenvalue weighted by Crippen LogP contribution is -2.21. The number of hydrogen-bond acceptors (Lipinski definition) is 0. The summed E-state index contributed by atoms with van der Waals surface area (Å²) in [4.78, 5) is 0. The lowest BCUT2D eigenvalue weighted by molar-refractivity contribution is 0.148. The number of rotatable bonds is 1. The average molecular weight is 180 g/mol. The van der Waals surface area contributed by atoms with E-state index >= 15 is 0 Å². The molecule has 3 unspecified atom stereocenters. The highest BCUT2D eigenvalue weighted by Crippen LogP contribution is 2.32. The molecule has 4 atom stereocenters. The van der Waals surface area contributed by atoms with Crippen LogP contribution >= 0.6 is 0 Å². The summed E-state index contributed by atoms with van der Waals surface area (Å²) in [5, 5.41) is 0. The van der Waals surface area contributed by atoms with E-state index in [1.807, 2.05) is 0 Å². The Morgan fingerprint density at radius 2 is 1.92 bits per heavy atom. The molecule has 0 N–H and O–H groups in total. The van der Waals surface area contributed by atoms with E-state index < -0.39 is 19.0 Å². The maximum absolute atomic E-state index is 13.1. The third-order valence-electron chi connectivity index (χ3n) is 2.84. The van der Waals surface area contributed by atoms with Crippen LogP contribution in [0.3, 0.4) is 0 Å². The molecule has 3 heteroatoms. The van der Waals surface area contributed by atoms with Gasteiger partial charge in [-0.15, -0.1) is 0 Å². The summed E-state index contributed by atoms with van der Waals surface area (Å²) in [5.41, 5.74) is 0. The van der Waals surface area contributed by atoms with Crippen LogP contribution in [0.15, 0.2) is 0 Å². The van der Waals surface area contributed by atoms with Crippen molar-refractivity contribution in [2.45, 2.75) is 38.5 Å². The van der Waals surface area contributed by atoms with Crippen molar-refractivity contribution in [2.75, 3.05) is 6.67 Å². The largest absolute Gasteiger partial charge is 0.251 e. The minimum Gasteiger partial charge on any atom is -0.251 e. The van der Waals surface area contributed by atoms with Crippen LogP contribution in [-0.4, -0.2) is 19.0 Å². The van der Waals surface area contributed by atoms with Gasteiger partial charge >= 0.3 is 0 Å². The number of alkyl halides is 3. The third kappa shape index (κ3) is 2.14. The topological polar surface area (TPSA) is 0 Å². The fourth-order valence-corrected chi connectivity index (χ4v) is 1.75. The molecule has 72 valence electrons. The molecule has 1 fully saturated rings. The summed E-state index contributed by atoms with van der Waals surface area (Å²) in [6, 6.07) is 0. The maximum atomic E-state index is 13.1. The first-order valence-electron chi connectivity index (χ1n) is 4.49. The molecule has 0 aliphatic heterocycles. The van der Waals surface area contributed by atoms with E-state index in [1.54, 1.807) is 6.92 Å². The van der Waals surface area contributed by atoms with Crippen molar-refractivity contribution in [3.63, 3.8) is 0 Å². The predicted molar refractivity (Wildman–Crippen MR) is 42.3 cm³/mol. The molecule has 0 saturated heterocycles. The summed E-state index contributed by atoms with van der Waals surface area (Å²) in [6.45, 7) is 1.15. The standard InChI is InChI=1S/C9H15F3/c1-6-7(5-10)2-3-8(11)4-9(6)12/h6-9H,2-5H2,1H3/t6?,7?,8?,9-/m1/s1. The zero-order valence-electron chi connectivity index (χ0n) is 7.27. The Bertz CT molecular complexity index is 138. The first-order valence-corrected chi connectivity index (χ1v) is 4.49. The Hall–Kier alpha value is -0.210. The summed E-state index contributed by atoms with van der Waals surface area (Å²) < 4.78 is 38.3. The fourth-order valence-electron chi connectivity index (χ4n) is 1.75. The van der Waals surface area contributed by atoms with Gasteiger partial charge in [0.2, 0.25) is 0 Å². The van der Waals surface area contributed by atoms with Crippen molar-refractivity contribution in [3.05, 3.63) is 0 Å². The Morgan fingerprint density at radius 1 is 1.25 bits per heavy atom. The van der Waals surface area contributed by atoms with E-state index in [1.165, 1.54) is 0 Å². The van der Waals surface area contributed by atoms with Crippen molar-refractivity contribution < 1.29 is 13.2 Å². The highest BCUT2D eigenvalue weighted by Gasteiger charge is 2.31. The zero-order valence-corrected chi connectivity index (χ0v) is 7.27. The zero-order chi connectivity index (χ0) is 9.14. The van der Waals surface area contributed by atoms with Crippen LogP contribution in [0.2, 0.25) is 0 Å². The quantitative estimate of drug-likeness (QED) is 0.544. The highest BCUT2D eigenvalue weighted by molar-refractivity contribution is 4.80. The molecule has 12 heavy (non-hydrogen) atoms. The second-order valence-corrected chi connectivity index (χ2v) is 3.70. The van der Waals surface area contributed by atoms with Gasteiger partial charge in [0.05, 0.1) is 6.67 Å². The second-order valence-electron chi connectivity index (χ2n) is 3.70. The normalized spacial score (nSPS) is 44.0. The Kier molecular flexibility index (Phi) is 3.41. The van der Waals surface area contributed by atoms with Crippen molar-refractivity contribution >= 4 is 0 Å². The monoisotopic (exact) mass is 180 g/mol. The van der Waals surface area contributed by atoms with Crippen molar-refractivity contribution in [3.8, 4) is 0 Å². The molecule has 1 aliphatic rings. The lowest BCUT2D eigenvalue weighted by Gasteiger charge is -2.20. The fraction of sp³-hybridized carbons (Fsp3) is 1.00. The number of hydrogen-bond donors (Lipinski definition) is 0. The molecule has 0 spiro atoms. The number of halogens is 3. The van der Waals surface area contributed by atoms with Gasteiger partial charge in [0.25, 0.3) is 0 Å². The van der Waals surface area contributed by atoms with Crippen molar-refractivity contribution in [2.24, 2.45) is 11.8 Å². The minimum atomic E-state index is -1.16. The smallest absolute Gasteiger partial charge is 0.106 e. The van der Waals surface area contributed by atoms with E-state index in [0.29, 0.717) is 12.8 Å². The molecule has 0 aromatic carbocycles. The Labute approximate surface area is 71.1 Å². The molecule has 0 aromatic heterocycles. The minimum absolute atomic E-state index is 0.0440. The van der Waals surface area contributed by atoms with Gasteiger partial charge in [-0.3, -0.25) is 4.39 Å². The molecule has 0 radical (unpaired) electrons. The van der Waals surface area contributed by atoms with Crippen LogP contribution in [0.1, 0.15) is 26.2 Å². The van der Waals surface area contributed by atoms with Gasteiger partial charge in [0, 0.05) is 6.42 Å². The van der Waals surface area contributed by atoms with Gasteiger partial charge in [-0.2, -0.15) is 0 Å². The molecule has 0 bridgehead atoms.